The summed E-state index contributed by atoms with van der Waals surface area (Å²) in [5.41, 5.74) is 11.2. The summed E-state index contributed by atoms with van der Waals surface area (Å²) in [6, 6.07) is 85.0. The SMILES string of the molecule is c1ccc(-n2c3ccccc3c3cccc(C4=NC(c5ccc6ccccc6c5)NC(c5ccc6ccc7oc8c(-n9c%10cc%11ccccc%11cc%10c%10c%11ccccc%11ccc%109)cccc8c7c6c5)=N4)c32)cc1. The zero-order valence-corrected chi connectivity index (χ0v) is 39.3. The number of nitrogens with zero attached hydrogens (tertiary/aromatic N) is 4. The van der Waals surface area contributed by atoms with E-state index in [1.807, 2.05) is 0 Å². The summed E-state index contributed by atoms with van der Waals surface area (Å²) in [6.07, 6.45) is -0.416. The number of amidine groups is 2. The molecule has 340 valence electrons. The van der Waals surface area contributed by atoms with Gasteiger partial charge in [-0.3, -0.25) is 0 Å². The van der Waals surface area contributed by atoms with Gasteiger partial charge in [0.15, 0.2) is 11.4 Å². The van der Waals surface area contributed by atoms with Gasteiger partial charge in [-0.2, -0.15) is 0 Å². The lowest BCUT2D eigenvalue weighted by Gasteiger charge is -2.24. The number of fused-ring (bicyclic) bond motifs is 15. The van der Waals surface area contributed by atoms with Crippen molar-refractivity contribution in [2.24, 2.45) is 9.98 Å². The van der Waals surface area contributed by atoms with Crippen LogP contribution in [0, 0.1) is 0 Å². The van der Waals surface area contributed by atoms with Gasteiger partial charge >= 0.3 is 0 Å². The summed E-state index contributed by atoms with van der Waals surface area (Å²) in [7, 11) is 0. The first-order valence-corrected chi connectivity index (χ1v) is 24.9. The lowest BCUT2D eigenvalue weighted by molar-refractivity contribution is 0.666. The third kappa shape index (κ3) is 5.98. The highest BCUT2D eigenvalue weighted by molar-refractivity contribution is 6.26. The number of benzene rings is 12. The van der Waals surface area contributed by atoms with Crippen LogP contribution in [0.25, 0.3) is 120 Å². The molecule has 1 aliphatic heterocycles. The van der Waals surface area contributed by atoms with Gasteiger partial charge in [0.05, 0.1) is 27.8 Å². The number of hydrogen-bond acceptors (Lipinski definition) is 4. The highest BCUT2D eigenvalue weighted by Gasteiger charge is 2.26. The number of rotatable bonds is 5. The maximum absolute atomic E-state index is 7.08. The largest absolute Gasteiger partial charge is 0.454 e. The van der Waals surface area contributed by atoms with Crippen molar-refractivity contribution in [3.8, 4) is 11.4 Å². The van der Waals surface area contributed by atoms with Crippen LogP contribution in [0.5, 0.6) is 0 Å². The Hall–Kier alpha value is -9.78. The van der Waals surface area contributed by atoms with E-state index in [1.165, 1.54) is 43.1 Å². The second kappa shape index (κ2) is 15.4. The van der Waals surface area contributed by atoms with Crippen molar-refractivity contribution in [1.29, 1.82) is 0 Å². The van der Waals surface area contributed by atoms with Crippen molar-refractivity contribution in [3.63, 3.8) is 0 Å². The maximum atomic E-state index is 7.08. The molecule has 6 heteroatoms. The molecule has 1 atom stereocenters. The standard InChI is InChI=1S/C67H41N5O/c1-2-19-48(20-3-1)71-56-26-11-10-22-50(56)51-23-12-25-53(63(51)71)67-69-65(46-30-28-40-14-4-5-16-43(40)36-46)68-66(70-67)47-31-29-42-33-35-60-62(54(42)38-47)52-24-13-27-58(64(52)73-60)72-57-34-32-41-15-8-9-21-49(41)61(57)55-37-44-17-6-7-18-45(44)39-59(55)72/h1-39,65H,(H,68,69,70). The molecular formula is C67H41N5O. The zero-order chi connectivity index (χ0) is 47.7. The Morgan fingerprint density at radius 1 is 0.411 bits per heavy atom. The lowest BCUT2D eigenvalue weighted by Crippen LogP contribution is -2.33. The Morgan fingerprint density at radius 2 is 1.08 bits per heavy atom. The average molecular weight is 932 g/mol. The minimum absolute atomic E-state index is 0.416. The molecule has 6 nitrogen and oxygen atoms in total. The molecule has 15 aromatic rings. The molecule has 0 aliphatic carbocycles. The molecule has 0 saturated carbocycles. The number of aromatic nitrogens is 2. The Bertz CT molecular complexity index is 4900. The lowest BCUT2D eigenvalue weighted by atomic mass is 10.00. The number of nitrogens with one attached hydrogen (secondary N) is 1. The fourth-order valence-electron chi connectivity index (χ4n) is 12.0. The maximum Gasteiger partial charge on any atom is 0.161 e. The molecule has 73 heavy (non-hydrogen) atoms. The second-order valence-corrected chi connectivity index (χ2v) is 19.3. The molecule has 0 radical (unpaired) electrons. The Morgan fingerprint density at radius 3 is 1.96 bits per heavy atom. The first-order chi connectivity index (χ1) is 36.2. The number of para-hydroxylation sites is 4. The molecule has 0 spiro atoms. The van der Waals surface area contributed by atoms with E-state index < -0.39 is 6.17 Å². The van der Waals surface area contributed by atoms with Crippen molar-refractivity contribution in [1.82, 2.24) is 14.5 Å². The quantitative estimate of drug-likeness (QED) is 0.187. The number of aliphatic imine (C=N–C) groups is 2. The Kier molecular flexibility index (Phi) is 8.42. The molecule has 16 rings (SSSR count). The highest BCUT2D eigenvalue weighted by Crippen LogP contribution is 2.44. The van der Waals surface area contributed by atoms with E-state index in [2.05, 4.69) is 251 Å². The van der Waals surface area contributed by atoms with E-state index >= 15 is 0 Å². The van der Waals surface area contributed by atoms with Crippen molar-refractivity contribution < 1.29 is 4.42 Å². The zero-order valence-electron chi connectivity index (χ0n) is 39.3. The third-order valence-electron chi connectivity index (χ3n) is 15.3. The molecule has 1 N–H and O–H groups in total. The number of hydrogen-bond donors (Lipinski definition) is 1. The van der Waals surface area contributed by atoms with Gasteiger partial charge in [-0.15, -0.1) is 0 Å². The predicted molar refractivity (Wildman–Crippen MR) is 304 cm³/mol. The van der Waals surface area contributed by atoms with Crippen molar-refractivity contribution in [2.75, 3.05) is 0 Å². The van der Waals surface area contributed by atoms with Gasteiger partial charge < -0.3 is 18.9 Å². The summed E-state index contributed by atoms with van der Waals surface area (Å²) < 4.78 is 11.9. The summed E-state index contributed by atoms with van der Waals surface area (Å²) in [6.45, 7) is 0. The van der Waals surface area contributed by atoms with Gasteiger partial charge in [-0.05, 0) is 115 Å². The smallest absolute Gasteiger partial charge is 0.161 e. The normalized spacial score (nSPS) is 14.2. The third-order valence-corrected chi connectivity index (χ3v) is 15.3. The van der Waals surface area contributed by atoms with E-state index in [4.69, 9.17) is 14.4 Å². The van der Waals surface area contributed by atoms with Crippen molar-refractivity contribution in [2.45, 2.75) is 6.17 Å². The van der Waals surface area contributed by atoms with Gasteiger partial charge in [0.2, 0.25) is 0 Å². The van der Waals surface area contributed by atoms with Crippen LogP contribution in [0.15, 0.2) is 251 Å². The minimum Gasteiger partial charge on any atom is -0.454 e. The van der Waals surface area contributed by atoms with Gasteiger partial charge in [-0.1, -0.05) is 170 Å². The van der Waals surface area contributed by atoms with Gasteiger partial charge in [0.1, 0.15) is 17.6 Å². The first-order valence-electron chi connectivity index (χ1n) is 24.9. The van der Waals surface area contributed by atoms with Crippen LogP contribution in [0.3, 0.4) is 0 Å². The summed E-state index contributed by atoms with van der Waals surface area (Å²) in [4.78, 5) is 11.0. The molecule has 12 aromatic carbocycles. The number of furan rings is 1. The summed E-state index contributed by atoms with van der Waals surface area (Å²) >= 11 is 0. The monoisotopic (exact) mass is 931 g/mol. The van der Waals surface area contributed by atoms with Crippen LogP contribution >= 0.6 is 0 Å². The molecule has 0 saturated heterocycles. The molecule has 1 aliphatic rings. The van der Waals surface area contributed by atoms with Gasteiger partial charge in [-0.25, -0.2) is 9.98 Å². The van der Waals surface area contributed by atoms with Crippen molar-refractivity contribution >= 4 is 120 Å². The van der Waals surface area contributed by atoms with E-state index in [-0.39, 0.29) is 0 Å². The Labute approximate surface area is 418 Å². The summed E-state index contributed by atoms with van der Waals surface area (Å²) in [5.74, 6) is 1.42. The fourth-order valence-corrected chi connectivity index (χ4v) is 12.0. The molecule has 0 amide bonds. The van der Waals surface area contributed by atoms with Gasteiger partial charge in [0.25, 0.3) is 0 Å². The fraction of sp³-hybridized carbons (Fsp3) is 0.0149. The van der Waals surface area contributed by atoms with E-state index in [0.717, 1.165) is 99.5 Å². The van der Waals surface area contributed by atoms with Crippen LogP contribution in [-0.4, -0.2) is 20.8 Å². The van der Waals surface area contributed by atoms with Crippen LogP contribution in [0.4, 0.5) is 0 Å². The molecular weight excluding hydrogens is 891 g/mol. The highest BCUT2D eigenvalue weighted by atomic mass is 16.3. The van der Waals surface area contributed by atoms with Crippen LogP contribution in [0.1, 0.15) is 22.9 Å². The molecule has 3 aromatic heterocycles. The van der Waals surface area contributed by atoms with E-state index in [0.29, 0.717) is 5.84 Å². The van der Waals surface area contributed by atoms with Crippen molar-refractivity contribution in [3.05, 3.63) is 253 Å². The topological polar surface area (TPSA) is 59.8 Å². The molecule has 0 bridgehead atoms. The predicted octanol–water partition coefficient (Wildman–Crippen LogP) is 16.9. The van der Waals surface area contributed by atoms with E-state index in [9.17, 15) is 0 Å². The first kappa shape index (κ1) is 40.0. The molecule has 0 fully saturated rings. The van der Waals surface area contributed by atoms with Gasteiger partial charge in [0, 0.05) is 49.1 Å². The molecule has 4 heterocycles. The van der Waals surface area contributed by atoms with Crippen LogP contribution in [0.2, 0.25) is 0 Å². The summed E-state index contributed by atoms with van der Waals surface area (Å²) in [5, 5.41) is 20.2. The molecule has 1 unspecified atom stereocenters. The van der Waals surface area contributed by atoms with Crippen LogP contribution < -0.4 is 5.32 Å². The van der Waals surface area contributed by atoms with E-state index in [1.54, 1.807) is 0 Å². The minimum atomic E-state index is -0.416. The Balaban J connectivity index is 0.910. The average Bonchev–Trinajstić information content (AvgIpc) is 4.13. The van der Waals surface area contributed by atoms with Crippen LogP contribution in [-0.2, 0) is 0 Å². The second-order valence-electron chi connectivity index (χ2n) is 19.3.